The van der Waals surface area contributed by atoms with Crippen molar-refractivity contribution in [2.45, 2.75) is 42.1 Å². The highest BCUT2D eigenvalue weighted by molar-refractivity contribution is 8.22. The summed E-state index contributed by atoms with van der Waals surface area (Å²) in [6, 6.07) is 29.1. The van der Waals surface area contributed by atoms with E-state index in [1.54, 1.807) is 23.5 Å². The maximum Gasteiger partial charge on any atom is 0.0825 e. The molecule has 0 fully saturated rings. The average molecular weight is 407 g/mol. The van der Waals surface area contributed by atoms with Gasteiger partial charge in [0.2, 0.25) is 0 Å². The predicted molar refractivity (Wildman–Crippen MR) is 123 cm³/mol. The zero-order valence-corrected chi connectivity index (χ0v) is 17.9. The lowest BCUT2D eigenvalue weighted by atomic mass is 9.99. The highest BCUT2D eigenvalue weighted by Crippen LogP contribution is 2.40. The van der Waals surface area contributed by atoms with E-state index in [2.05, 4.69) is 80.6 Å². The van der Waals surface area contributed by atoms with E-state index < -0.39 is 6.10 Å². The molecule has 0 amide bonds. The molecule has 3 heteroatoms. The minimum Gasteiger partial charge on any atom is -0.388 e. The third kappa shape index (κ3) is 6.30. The highest BCUT2D eigenvalue weighted by Gasteiger charge is 2.09. The standard InChI is InChI=1S/C25H26OS2/c1-19(2)20-13-15-21(16-14-20)24(26)17-18-25(27-22-9-5-3-6-10-22)28-23-11-7-4-8-12-23/h3-16,18-19,24,26H,17H2,1-2H3/t24-/m0/s1. The fraction of sp³-hybridized carbons (Fsp3) is 0.200. The molecule has 3 rings (SSSR count). The normalized spacial score (nSPS) is 12.0. The maximum atomic E-state index is 10.7. The molecule has 0 aliphatic carbocycles. The lowest BCUT2D eigenvalue weighted by molar-refractivity contribution is 0.181. The first-order valence-corrected chi connectivity index (χ1v) is 11.2. The maximum absolute atomic E-state index is 10.7. The summed E-state index contributed by atoms with van der Waals surface area (Å²) in [5.41, 5.74) is 2.26. The van der Waals surface area contributed by atoms with E-state index in [1.165, 1.54) is 19.6 Å². The number of rotatable bonds is 8. The molecule has 0 aliphatic rings. The van der Waals surface area contributed by atoms with Gasteiger partial charge in [-0.1, -0.05) is 104 Å². The van der Waals surface area contributed by atoms with Crippen molar-refractivity contribution in [3.05, 3.63) is 106 Å². The van der Waals surface area contributed by atoms with Crippen molar-refractivity contribution >= 4 is 23.5 Å². The number of hydrogen-bond donors (Lipinski definition) is 1. The summed E-state index contributed by atoms with van der Waals surface area (Å²) in [5.74, 6) is 0.502. The van der Waals surface area contributed by atoms with Gasteiger partial charge in [0, 0.05) is 14.0 Å². The van der Waals surface area contributed by atoms with E-state index in [0.717, 1.165) is 5.56 Å². The molecule has 0 radical (unpaired) electrons. The summed E-state index contributed by atoms with van der Waals surface area (Å²) in [7, 11) is 0. The zero-order chi connectivity index (χ0) is 19.8. The molecular formula is C25H26OS2. The second kappa shape index (κ2) is 10.6. The van der Waals surface area contributed by atoms with Crippen LogP contribution in [0.1, 0.15) is 43.4 Å². The van der Waals surface area contributed by atoms with Crippen LogP contribution in [0.15, 0.2) is 105 Å². The molecule has 0 saturated carbocycles. The SMILES string of the molecule is CC(C)c1ccc([C@@H](O)CC=C(Sc2ccccc2)Sc2ccccc2)cc1. The Morgan fingerprint density at radius 2 is 1.21 bits per heavy atom. The van der Waals surface area contributed by atoms with Gasteiger partial charge in [-0.15, -0.1) is 0 Å². The average Bonchev–Trinajstić information content (AvgIpc) is 2.73. The van der Waals surface area contributed by atoms with Crippen molar-refractivity contribution < 1.29 is 5.11 Å². The van der Waals surface area contributed by atoms with Crippen molar-refractivity contribution in [2.75, 3.05) is 0 Å². The van der Waals surface area contributed by atoms with Crippen molar-refractivity contribution in [3.63, 3.8) is 0 Å². The van der Waals surface area contributed by atoms with Gasteiger partial charge in [-0.3, -0.25) is 0 Å². The largest absolute Gasteiger partial charge is 0.388 e. The summed E-state index contributed by atoms with van der Waals surface area (Å²) in [4.78, 5) is 2.40. The molecule has 0 aromatic heterocycles. The van der Waals surface area contributed by atoms with Gasteiger partial charge in [-0.25, -0.2) is 0 Å². The third-order valence-electron chi connectivity index (χ3n) is 4.42. The summed E-state index contributed by atoms with van der Waals surface area (Å²) >= 11 is 3.48. The Hall–Kier alpha value is -1.94. The van der Waals surface area contributed by atoms with Crippen molar-refractivity contribution in [2.24, 2.45) is 0 Å². The second-order valence-corrected chi connectivity index (χ2v) is 9.42. The first-order chi connectivity index (χ1) is 13.6. The molecule has 1 N–H and O–H groups in total. The molecule has 0 unspecified atom stereocenters. The van der Waals surface area contributed by atoms with Crippen LogP contribution >= 0.6 is 23.5 Å². The zero-order valence-electron chi connectivity index (χ0n) is 16.3. The molecule has 0 aliphatic heterocycles. The van der Waals surface area contributed by atoms with Crippen molar-refractivity contribution in [1.29, 1.82) is 0 Å². The van der Waals surface area contributed by atoms with E-state index in [0.29, 0.717) is 12.3 Å². The van der Waals surface area contributed by atoms with Gasteiger partial charge in [-0.05, 0) is 47.7 Å². The Balaban J connectivity index is 1.73. The summed E-state index contributed by atoms with van der Waals surface area (Å²) < 4.78 is 1.18. The molecule has 0 spiro atoms. The van der Waals surface area contributed by atoms with E-state index in [1.807, 2.05) is 24.3 Å². The van der Waals surface area contributed by atoms with Crippen molar-refractivity contribution in [1.82, 2.24) is 0 Å². The second-order valence-electron chi connectivity index (χ2n) is 6.93. The molecular weight excluding hydrogens is 380 g/mol. The Labute approximate surface area is 176 Å². The minimum absolute atomic E-state index is 0.496. The Morgan fingerprint density at radius 1 is 0.750 bits per heavy atom. The fourth-order valence-electron chi connectivity index (χ4n) is 2.76. The molecule has 0 bridgehead atoms. The van der Waals surface area contributed by atoms with E-state index in [9.17, 15) is 5.11 Å². The Kier molecular flexibility index (Phi) is 7.84. The van der Waals surface area contributed by atoms with Crippen LogP contribution in [0.4, 0.5) is 0 Å². The van der Waals surface area contributed by atoms with Crippen LogP contribution in [-0.2, 0) is 0 Å². The molecule has 3 aromatic rings. The molecule has 1 nitrogen and oxygen atoms in total. The van der Waals surface area contributed by atoms with Crippen LogP contribution in [0.5, 0.6) is 0 Å². The van der Waals surface area contributed by atoms with Gasteiger partial charge in [0.25, 0.3) is 0 Å². The smallest absolute Gasteiger partial charge is 0.0825 e. The molecule has 0 saturated heterocycles. The number of benzene rings is 3. The molecule has 144 valence electrons. The van der Waals surface area contributed by atoms with Crippen LogP contribution in [0, 0.1) is 0 Å². The van der Waals surface area contributed by atoms with Crippen LogP contribution in [0.25, 0.3) is 0 Å². The number of aliphatic hydroxyl groups excluding tert-OH is 1. The lowest BCUT2D eigenvalue weighted by Crippen LogP contribution is -1.97. The van der Waals surface area contributed by atoms with Gasteiger partial charge >= 0.3 is 0 Å². The van der Waals surface area contributed by atoms with Gasteiger partial charge in [-0.2, -0.15) is 0 Å². The Bertz CT molecular complexity index is 828. The van der Waals surface area contributed by atoms with Crippen LogP contribution in [0.2, 0.25) is 0 Å². The molecule has 1 atom stereocenters. The van der Waals surface area contributed by atoms with Crippen molar-refractivity contribution in [3.8, 4) is 0 Å². The van der Waals surface area contributed by atoms with E-state index >= 15 is 0 Å². The number of hydrogen-bond acceptors (Lipinski definition) is 3. The first-order valence-electron chi connectivity index (χ1n) is 9.55. The van der Waals surface area contributed by atoms with Gasteiger partial charge < -0.3 is 5.11 Å². The quantitative estimate of drug-likeness (QED) is 0.388. The number of aliphatic hydroxyl groups is 1. The summed E-state index contributed by atoms with van der Waals surface area (Å²) in [6.45, 7) is 4.37. The summed E-state index contributed by atoms with van der Waals surface area (Å²) in [6.07, 6.45) is 2.25. The number of thioether (sulfide) groups is 2. The minimum atomic E-state index is -0.496. The molecule has 28 heavy (non-hydrogen) atoms. The van der Waals surface area contributed by atoms with Gasteiger partial charge in [0.15, 0.2) is 0 Å². The van der Waals surface area contributed by atoms with Gasteiger partial charge in [0.1, 0.15) is 0 Å². The highest BCUT2D eigenvalue weighted by atomic mass is 32.2. The fourth-order valence-corrected chi connectivity index (χ4v) is 4.91. The van der Waals surface area contributed by atoms with E-state index in [-0.39, 0.29) is 0 Å². The monoisotopic (exact) mass is 406 g/mol. The third-order valence-corrected chi connectivity index (χ3v) is 6.67. The lowest BCUT2D eigenvalue weighted by Gasteiger charge is -2.13. The van der Waals surface area contributed by atoms with Crippen LogP contribution < -0.4 is 0 Å². The van der Waals surface area contributed by atoms with E-state index in [4.69, 9.17) is 0 Å². The Morgan fingerprint density at radius 3 is 1.68 bits per heavy atom. The van der Waals surface area contributed by atoms with Crippen LogP contribution in [0.3, 0.4) is 0 Å². The summed E-state index contributed by atoms with van der Waals surface area (Å²) in [5, 5.41) is 10.7. The predicted octanol–water partition coefficient (Wildman–Crippen LogP) is 7.66. The topological polar surface area (TPSA) is 20.2 Å². The van der Waals surface area contributed by atoms with Crippen LogP contribution in [-0.4, -0.2) is 5.11 Å². The molecule has 3 aromatic carbocycles. The van der Waals surface area contributed by atoms with Gasteiger partial charge in [0.05, 0.1) is 6.10 Å². The first kappa shape index (κ1) is 20.8. The molecule has 0 heterocycles.